The van der Waals surface area contributed by atoms with Crippen LogP contribution in [0, 0.1) is 0 Å². The van der Waals surface area contributed by atoms with Crippen LogP contribution in [0.5, 0.6) is 0 Å². The van der Waals surface area contributed by atoms with Crippen LogP contribution in [0.3, 0.4) is 0 Å². The fourth-order valence-corrected chi connectivity index (χ4v) is 3.41. The van der Waals surface area contributed by atoms with Gasteiger partial charge in [0.1, 0.15) is 5.76 Å². The molecule has 0 aliphatic rings. The maximum Gasteiger partial charge on any atom is 0.126 e. The van der Waals surface area contributed by atoms with Crippen LogP contribution in [0.1, 0.15) is 82.3 Å². The van der Waals surface area contributed by atoms with Crippen molar-refractivity contribution in [3.63, 3.8) is 0 Å². The van der Waals surface area contributed by atoms with Crippen LogP contribution in [0.15, 0.2) is 72.8 Å². The Kier molecular flexibility index (Phi) is 12.4. The van der Waals surface area contributed by atoms with Crippen LogP contribution < -0.4 is 0 Å². The first kappa shape index (κ1) is 23.0. The highest BCUT2D eigenvalue weighted by Crippen LogP contribution is 2.17. The van der Waals surface area contributed by atoms with Gasteiger partial charge in [0, 0.05) is 5.56 Å². The Labute approximate surface area is 178 Å². The number of hydrogen-bond acceptors (Lipinski definition) is 1. The van der Waals surface area contributed by atoms with E-state index in [-0.39, 0.29) is 0 Å². The molecule has 0 saturated carbocycles. The maximum absolute atomic E-state index is 6.15. The summed E-state index contributed by atoms with van der Waals surface area (Å²) >= 11 is 0. The Hall–Kier alpha value is -2.28. The molecule has 29 heavy (non-hydrogen) atoms. The van der Waals surface area contributed by atoms with Gasteiger partial charge in [-0.05, 0) is 18.1 Å². The first-order valence-corrected chi connectivity index (χ1v) is 11.5. The molecule has 0 bridgehead atoms. The molecule has 2 rings (SSSR count). The summed E-state index contributed by atoms with van der Waals surface area (Å²) in [7, 11) is 0. The molecule has 0 heterocycles. The molecule has 0 amide bonds. The molecular formula is C28H38O. The molecule has 0 aliphatic carbocycles. The monoisotopic (exact) mass is 390 g/mol. The van der Waals surface area contributed by atoms with Crippen LogP contribution in [0.2, 0.25) is 0 Å². The molecule has 0 fully saturated rings. The molecule has 0 N–H and O–H groups in total. The first-order valence-electron chi connectivity index (χ1n) is 11.5. The zero-order valence-electron chi connectivity index (χ0n) is 18.2. The van der Waals surface area contributed by atoms with E-state index < -0.39 is 0 Å². The van der Waals surface area contributed by atoms with Gasteiger partial charge < -0.3 is 4.74 Å². The Balaban J connectivity index is 1.70. The Bertz CT molecular complexity index is 685. The van der Waals surface area contributed by atoms with Crippen LogP contribution in [-0.2, 0) is 4.74 Å². The van der Waals surface area contributed by atoms with Crippen LogP contribution in [0.4, 0.5) is 0 Å². The minimum absolute atomic E-state index is 0.788. The lowest BCUT2D eigenvalue weighted by atomic mass is 10.1. The summed E-state index contributed by atoms with van der Waals surface area (Å²) in [6.07, 6.45) is 19.7. The standard InChI is InChI=1S/C28H38O/c1-2-3-4-5-6-7-8-9-10-17-25-29-28(27-22-15-12-16-23-27)24-18-21-26-19-13-11-14-20-26/h11-16,18-24H,2-10,17,25H2,1H3/b21-18+,28-24+. The number of allylic oxidation sites excluding steroid dienone is 2. The van der Waals surface area contributed by atoms with Crippen molar-refractivity contribution in [2.24, 2.45) is 0 Å². The first-order chi connectivity index (χ1) is 14.4. The summed E-state index contributed by atoms with van der Waals surface area (Å²) in [4.78, 5) is 0. The molecule has 0 aromatic heterocycles. The van der Waals surface area contributed by atoms with Crippen LogP contribution in [0.25, 0.3) is 11.8 Å². The van der Waals surface area contributed by atoms with Crippen LogP contribution in [-0.4, -0.2) is 6.61 Å². The summed E-state index contributed by atoms with van der Waals surface area (Å²) < 4.78 is 6.15. The van der Waals surface area contributed by atoms with E-state index in [0.717, 1.165) is 24.4 Å². The third-order valence-electron chi connectivity index (χ3n) is 5.15. The second-order valence-electron chi connectivity index (χ2n) is 7.70. The minimum Gasteiger partial charge on any atom is -0.493 e. The Morgan fingerprint density at radius 2 is 1.24 bits per heavy atom. The molecule has 0 aliphatic heterocycles. The van der Waals surface area contributed by atoms with Crippen molar-refractivity contribution in [1.82, 2.24) is 0 Å². The molecule has 1 heteroatoms. The molecule has 0 unspecified atom stereocenters. The van der Waals surface area contributed by atoms with Crippen molar-refractivity contribution >= 4 is 11.8 Å². The van der Waals surface area contributed by atoms with E-state index in [0.29, 0.717) is 0 Å². The molecule has 1 nitrogen and oxygen atoms in total. The maximum atomic E-state index is 6.15. The zero-order valence-corrected chi connectivity index (χ0v) is 18.2. The zero-order chi connectivity index (χ0) is 20.4. The van der Waals surface area contributed by atoms with Gasteiger partial charge in [0.15, 0.2) is 0 Å². The second kappa shape index (κ2) is 15.6. The van der Waals surface area contributed by atoms with Gasteiger partial charge in [-0.15, -0.1) is 0 Å². The topological polar surface area (TPSA) is 9.23 Å². The fraction of sp³-hybridized carbons (Fsp3) is 0.429. The number of hydrogen-bond donors (Lipinski definition) is 0. The van der Waals surface area contributed by atoms with Gasteiger partial charge in [0.2, 0.25) is 0 Å². The molecule has 156 valence electrons. The number of unbranched alkanes of at least 4 members (excludes halogenated alkanes) is 9. The van der Waals surface area contributed by atoms with E-state index in [1.807, 2.05) is 12.1 Å². The van der Waals surface area contributed by atoms with Crippen molar-refractivity contribution < 1.29 is 4.74 Å². The second-order valence-corrected chi connectivity index (χ2v) is 7.70. The highest BCUT2D eigenvalue weighted by Gasteiger charge is 2.01. The van der Waals surface area contributed by atoms with E-state index in [1.165, 1.54) is 63.4 Å². The van der Waals surface area contributed by atoms with Gasteiger partial charge in [0.05, 0.1) is 6.61 Å². The molecular weight excluding hydrogens is 352 g/mol. The van der Waals surface area contributed by atoms with E-state index in [2.05, 4.69) is 73.7 Å². The van der Waals surface area contributed by atoms with E-state index in [4.69, 9.17) is 4.74 Å². The molecule has 2 aromatic carbocycles. The summed E-state index contributed by atoms with van der Waals surface area (Å²) in [5.74, 6) is 0.953. The summed E-state index contributed by atoms with van der Waals surface area (Å²) in [5.41, 5.74) is 2.34. The fourth-order valence-electron chi connectivity index (χ4n) is 3.41. The third-order valence-corrected chi connectivity index (χ3v) is 5.15. The quantitative estimate of drug-likeness (QED) is 0.168. The van der Waals surface area contributed by atoms with Crippen molar-refractivity contribution in [3.8, 4) is 0 Å². The van der Waals surface area contributed by atoms with Crippen molar-refractivity contribution in [1.29, 1.82) is 0 Å². The number of benzene rings is 2. The van der Waals surface area contributed by atoms with E-state index >= 15 is 0 Å². The lowest BCUT2D eigenvalue weighted by Crippen LogP contribution is -1.95. The largest absolute Gasteiger partial charge is 0.493 e. The predicted octanol–water partition coefficient (Wildman–Crippen LogP) is 8.68. The van der Waals surface area contributed by atoms with Crippen molar-refractivity contribution in [3.05, 3.63) is 83.9 Å². The summed E-state index contributed by atoms with van der Waals surface area (Å²) in [6.45, 7) is 3.07. The molecule has 2 aromatic rings. The normalized spacial score (nSPS) is 11.8. The van der Waals surface area contributed by atoms with Gasteiger partial charge in [-0.2, -0.15) is 0 Å². The SMILES string of the molecule is CCCCCCCCCCCCO/C(=C/C=C/c1ccccc1)c1ccccc1. The molecule has 0 spiro atoms. The predicted molar refractivity (Wildman–Crippen MR) is 128 cm³/mol. The number of ether oxygens (including phenoxy) is 1. The van der Waals surface area contributed by atoms with Gasteiger partial charge in [0.25, 0.3) is 0 Å². The summed E-state index contributed by atoms with van der Waals surface area (Å²) in [6, 6.07) is 20.8. The average molecular weight is 391 g/mol. The van der Waals surface area contributed by atoms with Crippen molar-refractivity contribution in [2.45, 2.75) is 71.1 Å². The van der Waals surface area contributed by atoms with E-state index in [9.17, 15) is 0 Å². The highest BCUT2D eigenvalue weighted by atomic mass is 16.5. The van der Waals surface area contributed by atoms with Gasteiger partial charge in [-0.1, -0.05) is 138 Å². The molecule has 0 atom stereocenters. The summed E-state index contributed by atoms with van der Waals surface area (Å²) in [5, 5.41) is 0. The number of rotatable bonds is 15. The smallest absolute Gasteiger partial charge is 0.126 e. The van der Waals surface area contributed by atoms with Gasteiger partial charge in [-0.3, -0.25) is 0 Å². The van der Waals surface area contributed by atoms with Gasteiger partial charge >= 0.3 is 0 Å². The molecule has 0 radical (unpaired) electrons. The van der Waals surface area contributed by atoms with Gasteiger partial charge in [-0.25, -0.2) is 0 Å². The lowest BCUT2D eigenvalue weighted by Gasteiger charge is -2.10. The lowest BCUT2D eigenvalue weighted by molar-refractivity contribution is 0.266. The minimum atomic E-state index is 0.788. The Morgan fingerprint density at radius 1 is 0.690 bits per heavy atom. The highest BCUT2D eigenvalue weighted by molar-refractivity contribution is 5.64. The van der Waals surface area contributed by atoms with Crippen LogP contribution >= 0.6 is 0 Å². The van der Waals surface area contributed by atoms with Crippen molar-refractivity contribution in [2.75, 3.05) is 6.61 Å². The average Bonchev–Trinajstić information content (AvgIpc) is 2.77. The Morgan fingerprint density at radius 3 is 1.86 bits per heavy atom. The third kappa shape index (κ3) is 10.7. The molecule has 0 saturated heterocycles. The van der Waals surface area contributed by atoms with E-state index in [1.54, 1.807) is 0 Å².